The minimum atomic E-state index is -3.42. The van der Waals surface area contributed by atoms with Crippen LogP contribution in [0.25, 0.3) is 22.0 Å². The van der Waals surface area contributed by atoms with E-state index in [2.05, 4.69) is 20.9 Å². The van der Waals surface area contributed by atoms with E-state index in [1.807, 2.05) is 48.7 Å². The number of rotatable bonds is 8. The van der Waals surface area contributed by atoms with Crippen LogP contribution in [0.1, 0.15) is 5.56 Å². The van der Waals surface area contributed by atoms with Crippen LogP contribution in [0.4, 0.5) is 16.2 Å². The summed E-state index contributed by atoms with van der Waals surface area (Å²) in [5.41, 5.74) is 4.24. The van der Waals surface area contributed by atoms with E-state index >= 15 is 0 Å². The Morgan fingerprint density at radius 3 is 2.17 bits per heavy atom. The Morgan fingerprint density at radius 1 is 0.775 bits per heavy atom. The second-order valence-electron chi connectivity index (χ2n) is 9.42. The Balaban J connectivity index is 1.36. The maximum Gasteiger partial charge on any atom is 0.319 e. The standard InChI is InChI=1S/C31H28N4O4S/c1-40(38,39)29-14-8-6-12-26(29)21-15-17-24(18-16-21)33-30(36)28(35-31(37)34-23-9-3-2-4-10-23)19-22-20-32-27-13-7-5-11-25(22)27/h2-18,20,28,32H,19H2,1H3,(H,33,36)(H2,34,35,37)/t28-/m0/s1. The first kappa shape index (κ1) is 26.7. The summed E-state index contributed by atoms with van der Waals surface area (Å²) in [5, 5.41) is 9.43. The lowest BCUT2D eigenvalue weighted by Crippen LogP contribution is -2.46. The van der Waals surface area contributed by atoms with Crippen LogP contribution in [-0.2, 0) is 21.1 Å². The molecule has 4 N–H and O–H groups in total. The number of hydrogen-bond acceptors (Lipinski definition) is 4. The van der Waals surface area contributed by atoms with Gasteiger partial charge in [0.15, 0.2) is 9.84 Å². The molecule has 0 spiro atoms. The maximum absolute atomic E-state index is 13.5. The molecule has 0 saturated carbocycles. The van der Waals surface area contributed by atoms with Gasteiger partial charge in [0.1, 0.15) is 6.04 Å². The van der Waals surface area contributed by atoms with Crippen molar-refractivity contribution in [3.05, 3.63) is 115 Å². The van der Waals surface area contributed by atoms with Crippen molar-refractivity contribution < 1.29 is 18.0 Å². The van der Waals surface area contributed by atoms with Gasteiger partial charge in [-0.15, -0.1) is 0 Å². The summed E-state index contributed by atoms with van der Waals surface area (Å²) in [6.07, 6.45) is 3.28. The molecule has 0 bridgehead atoms. The molecule has 5 aromatic rings. The highest BCUT2D eigenvalue weighted by Gasteiger charge is 2.23. The highest BCUT2D eigenvalue weighted by molar-refractivity contribution is 7.90. The third-order valence-corrected chi connectivity index (χ3v) is 7.66. The van der Waals surface area contributed by atoms with Gasteiger partial charge in [-0.3, -0.25) is 4.79 Å². The van der Waals surface area contributed by atoms with E-state index in [4.69, 9.17) is 0 Å². The van der Waals surface area contributed by atoms with Gasteiger partial charge in [-0.1, -0.05) is 66.7 Å². The molecule has 0 unspecified atom stereocenters. The van der Waals surface area contributed by atoms with Gasteiger partial charge in [-0.25, -0.2) is 13.2 Å². The number of H-pyrrole nitrogens is 1. The van der Waals surface area contributed by atoms with Gasteiger partial charge in [0.05, 0.1) is 4.90 Å². The van der Waals surface area contributed by atoms with Gasteiger partial charge in [0.25, 0.3) is 0 Å². The first-order valence-corrected chi connectivity index (χ1v) is 14.5. The third-order valence-electron chi connectivity index (χ3n) is 6.50. The fourth-order valence-electron chi connectivity index (χ4n) is 4.57. The summed E-state index contributed by atoms with van der Waals surface area (Å²) in [5.74, 6) is -0.391. The summed E-state index contributed by atoms with van der Waals surface area (Å²) in [6, 6.07) is 29.1. The molecule has 1 aromatic heterocycles. The molecule has 4 aromatic carbocycles. The Kier molecular flexibility index (Phi) is 7.65. The van der Waals surface area contributed by atoms with Gasteiger partial charge in [-0.2, -0.15) is 0 Å². The molecule has 1 atom stereocenters. The number of nitrogens with one attached hydrogen (secondary N) is 4. The SMILES string of the molecule is CS(=O)(=O)c1ccccc1-c1ccc(NC(=O)[C@H](Cc2c[nH]c3ccccc23)NC(=O)Nc2ccccc2)cc1. The van der Waals surface area contributed by atoms with E-state index in [9.17, 15) is 18.0 Å². The van der Waals surface area contributed by atoms with Gasteiger partial charge in [0.2, 0.25) is 5.91 Å². The highest BCUT2D eigenvalue weighted by atomic mass is 32.2. The largest absolute Gasteiger partial charge is 0.361 e. The second-order valence-corrected chi connectivity index (χ2v) is 11.4. The van der Waals surface area contributed by atoms with Gasteiger partial charge >= 0.3 is 6.03 Å². The average Bonchev–Trinajstić information content (AvgIpc) is 3.36. The quantitative estimate of drug-likeness (QED) is 0.200. The number of fused-ring (bicyclic) bond motifs is 1. The Morgan fingerprint density at radius 2 is 1.43 bits per heavy atom. The summed E-state index contributed by atoms with van der Waals surface area (Å²) in [7, 11) is -3.42. The van der Waals surface area contributed by atoms with Crippen molar-refractivity contribution in [2.75, 3.05) is 16.9 Å². The van der Waals surface area contributed by atoms with E-state index in [1.165, 1.54) is 6.26 Å². The summed E-state index contributed by atoms with van der Waals surface area (Å²) in [6.45, 7) is 0. The summed E-state index contributed by atoms with van der Waals surface area (Å²) < 4.78 is 24.5. The fraction of sp³-hybridized carbons (Fsp3) is 0.0968. The predicted molar refractivity (Wildman–Crippen MR) is 158 cm³/mol. The minimum Gasteiger partial charge on any atom is -0.361 e. The third kappa shape index (κ3) is 6.22. The van der Waals surface area contributed by atoms with Crippen LogP contribution in [0.3, 0.4) is 0 Å². The van der Waals surface area contributed by atoms with Crippen molar-refractivity contribution in [1.82, 2.24) is 10.3 Å². The van der Waals surface area contributed by atoms with Crippen LogP contribution in [0.2, 0.25) is 0 Å². The number of hydrogen-bond donors (Lipinski definition) is 4. The molecular formula is C31H28N4O4S. The fourth-order valence-corrected chi connectivity index (χ4v) is 5.48. The van der Waals surface area contributed by atoms with Gasteiger partial charge < -0.3 is 20.9 Å². The van der Waals surface area contributed by atoms with Crippen molar-refractivity contribution in [3.8, 4) is 11.1 Å². The van der Waals surface area contributed by atoms with E-state index in [0.29, 0.717) is 22.5 Å². The number of aromatic nitrogens is 1. The molecule has 3 amide bonds. The number of amides is 3. The number of para-hydroxylation sites is 2. The van der Waals surface area contributed by atoms with Crippen LogP contribution < -0.4 is 16.0 Å². The maximum atomic E-state index is 13.5. The lowest BCUT2D eigenvalue weighted by Gasteiger charge is -2.19. The molecule has 0 aliphatic heterocycles. The molecule has 202 valence electrons. The second kappa shape index (κ2) is 11.5. The number of sulfone groups is 1. The zero-order valence-electron chi connectivity index (χ0n) is 21.7. The zero-order chi connectivity index (χ0) is 28.1. The smallest absolute Gasteiger partial charge is 0.319 e. The van der Waals surface area contributed by atoms with Crippen molar-refractivity contribution in [2.45, 2.75) is 17.4 Å². The van der Waals surface area contributed by atoms with Gasteiger partial charge in [0, 0.05) is 46.7 Å². The number of carbonyl (C=O) groups is 2. The molecule has 0 aliphatic rings. The molecule has 0 saturated heterocycles. The molecule has 9 heteroatoms. The summed E-state index contributed by atoms with van der Waals surface area (Å²) >= 11 is 0. The zero-order valence-corrected chi connectivity index (χ0v) is 22.5. The van der Waals surface area contributed by atoms with Crippen LogP contribution in [-0.4, -0.2) is 37.6 Å². The van der Waals surface area contributed by atoms with Crippen molar-refractivity contribution in [2.24, 2.45) is 0 Å². The normalized spacial score (nSPS) is 12.0. The Hall–Kier alpha value is -4.89. The number of urea groups is 1. The number of aromatic amines is 1. The first-order chi connectivity index (χ1) is 19.3. The molecule has 0 radical (unpaired) electrons. The molecule has 40 heavy (non-hydrogen) atoms. The summed E-state index contributed by atoms with van der Waals surface area (Å²) in [4.78, 5) is 29.7. The van der Waals surface area contributed by atoms with Crippen LogP contribution in [0.5, 0.6) is 0 Å². The van der Waals surface area contributed by atoms with Crippen molar-refractivity contribution in [3.63, 3.8) is 0 Å². The topological polar surface area (TPSA) is 120 Å². The van der Waals surface area contributed by atoms with E-state index in [1.54, 1.807) is 60.7 Å². The molecule has 1 heterocycles. The average molecular weight is 553 g/mol. The Bertz CT molecular complexity index is 1760. The minimum absolute atomic E-state index is 0.235. The van der Waals surface area contributed by atoms with Crippen LogP contribution >= 0.6 is 0 Å². The molecular weight excluding hydrogens is 524 g/mol. The molecule has 5 rings (SSSR count). The highest BCUT2D eigenvalue weighted by Crippen LogP contribution is 2.28. The van der Waals surface area contributed by atoms with Gasteiger partial charge in [-0.05, 0) is 47.5 Å². The van der Waals surface area contributed by atoms with E-state index < -0.39 is 27.8 Å². The predicted octanol–water partition coefficient (Wildman–Crippen LogP) is 5.61. The lowest BCUT2D eigenvalue weighted by molar-refractivity contribution is -0.117. The number of anilines is 2. The lowest BCUT2D eigenvalue weighted by atomic mass is 10.0. The monoisotopic (exact) mass is 552 g/mol. The first-order valence-electron chi connectivity index (χ1n) is 12.7. The number of carbonyl (C=O) groups excluding carboxylic acids is 2. The number of benzene rings is 4. The van der Waals surface area contributed by atoms with Crippen LogP contribution in [0, 0.1) is 0 Å². The molecule has 0 fully saturated rings. The van der Waals surface area contributed by atoms with E-state index in [-0.39, 0.29) is 11.3 Å². The van der Waals surface area contributed by atoms with Crippen LogP contribution in [0.15, 0.2) is 114 Å². The molecule has 0 aliphatic carbocycles. The van der Waals surface area contributed by atoms with Crippen molar-refractivity contribution >= 4 is 44.1 Å². The van der Waals surface area contributed by atoms with E-state index in [0.717, 1.165) is 16.5 Å². The Labute approximate surface area is 232 Å². The molecule has 8 nitrogen and oxygen atoms in total. The van der Waals surface area contributed by atoms with Crippen molar-refractivity contribution in [1.29, 1.82) is 0 Å².